The Kier molecular flexibility index (Phi) is 3.03. The average Bonchev–Trinajstić information content (AvgIpc) is 2.54. The standard InChI is InChI=1S/C17H13NO3/c1-20-10-3-5-12-14(7-10)15-8-11(21-2)4-6-13(15)17(19)16(12)9-18/h3-8,19H,1-2H3. The second kappa shape index (κ2) is 4.88. The lowest BCUT2D eigenvalue weighted by atomic mass is 9.96. The molecule has 0 aromatic heterocycles. The molecule has 3 rings (SSSR count). The van der Waals surface area contributed by atoms with Gasteiger partial charge in [0.15, 0.2) is 0 Å². The third-order valence-electron chi connectivity index (χ3n) is 3.62. The zero-order valence-corrected chi connectivity index (χ0v) is 11.7. The molecule has 0 amide bonds. The maximum atomic E-state index is 10.3. The Morgan fingerprint density at radius 2 is 1.38 bits per heavy atom. The summed E-state index contributed by atoms with van der Waals surface area (Å²) in [5, 5.41) is 22.7. The number of phenolic OH excluding ortho intramolecular Hbond substituents is 1. The van der Waals surface area contributed by atoms with Gasteiger partial charge in [0.2, 0.25) is 0 Å². The fourth-order valence-corrected chi connectivity index (χ4v) is 2.55. The number of benzene rings is 3. The number of hydrogen-bond acceptors (Lipinski definition) is 4. The number of rotatable bonds is 2. The number of nitriles is 1. The molecule has 0 aliphatic carbocycles. The van der Waals surface area contributed by atoms with Crippen LogP contribution < -0.4 is 9.47 Å². The fraction of sp³-hybridized carbons (Fsp3) is 0.118. The molecular weight excluding hydrogens is 266 g/mol. The van der Waals surface area contributed by atoms with E-state index in [1.54, 1.807) is 38.5 Å². The smallest absolute Gasteiger partial charge is 0.141 e. The Balaban J connectivity index is 2.56. The normalized spacial score (nSPS) is 10.5. The van der Waals surface area contributed by atoms with Crippen LogP contribution in [0.1, 0.15) is 5.56 Å². The summed E-state index contributed by atoms with van der Waals surface area (Å²) in [6.07, 6.45) is 0. The van der Waals surface area contributed by atoms with E-state index in [1.807, 2.05) is 12.1 Å². The molecule has 0 saturated carbocycles. The van der Waals surface area contributed by atoms with Crippen LogP contribution in [0.5, 0.6) is 17.2 Å². The van der Waals surface area contributed by atoms with Crippen molar-refractivity contribution in [2.45, 2.75) is 0 Å². The third-order valence-corrected chi connectivity index (χ3v) is 3.62. The molecule has 0 atom stereocenters. The summed E-state index contributed by atoms with van der Waals surface area (Å²) in [5.41, 5.74) is 0.269. The van der Waals surface area contributed by atoms with Gasteiger partial charge in [-0.3, -0.25) is 0 Å². The van der Waals surface area contributed by atoms with Crippen LogP contribution in [0.15, 0.2) is 36.4 Å². The average molecular weight is 279 g/mol. The maximum absolute atomic E-state index is 10.3. The molecule has 4 nitrogen and oxygen atoms in total. The molecule has 21 heavy (non-hydrogen) atoms. The summed E-state index contributed by atoms with van der Waals surface area (Å²) >= 11 is 0. The Morgan fingerprint density at radius 1 is 0.857 bits per heavy atom. The van der Waals surface area contributed by atoms with Gasteiger partial charge in [-0.05, 0) is 47.2 Å². The number of fused-ring (bicyclic) bond motifs is 3. The molecule has 0 unspecified atom stereocenters. The third kappa shape index (κ3) is 1.91. The highest BCUT2D eigenvalue weighted by Gasteiger charge is 2.14. The van der Waals surface area contributed by atoms with E-state index in [-0.39, 0.29) is 11.3 Å². The lowest BCUT2D eigenvalue weighted by molar-refractivity contribution is 0.415. The van der Waals surface area contributed by atoms with Crippen LogP contribution in [0.4, 0.5) is 0 Å². The Hall–Kier alpha value is -2.93. The number of ether oxygens (including phenoxy) is 2. The van der Waals surface area contributed by atoms with Crippen molar-refractivity contribution < 1.29 is 14.6 Å². The van der Waals surface area contributed by atoms with Crippen molar-refractivity contribution in [3.05, 3.63) is 42.0 Å². The summed E-state index contributed by atoms with van der Waals surface area (Å²) in [6.45, 7) is 0. The number of phenols is 1. The van der Waals surface area contributed by atoms with Crippen LogP contribution in [0.25, 0.3) is 21.5 Å². The highest BCUT2D eigenvalue weighted by molar-refractivity contribution is 6.13. The first-order chi connectivity index (χ1) is 10.2. The molecule has 0 saturated heterocycles. The van der Waals surface area contributed by atoms with Gasteiger partial charge in [0.25, 0.3) is 0 Å². The van der Waals surface area contributed by atoms with Crippen LogP contribution in [0.2, 0.25) is 0 Å². The van der Waals surface area contributed by atoms with Gasteiger partial charge < -0.3 is 14.6 Å². The fourth-order valence-electron chi connectivity index (χ4n) is 2.55. The molecule has 0 bridgehead atoms. The van der Waals surface area contributed by atoms with Gasteiger partial charge >= 0.3 is 0 Å². The van der Waals surface area contributed by atoms with Crippen molar-refractivity contribution in [2.24, 2.45) is 0 Å². The molecule has 0 heterocycles. The van der Waals surface area contributed by atoms with E-state index in [9.17, 15) is 10.4 Å². The number of aromatic hydroxyl groups is 1. The number of hydrogen-bond donors (Lipinski definition) is 1. The monoisotopic (exact) mass is 279 g/mol. The Labute approximate surface area is 121 Å². The minimum atomic E-state index is -0.00665. The van der Waals surface area contributed by atoms with Crippen molar-refractivity contribution in [2.75, 3.05) is 14.2 Å². The van der Waals surface area contributed by atoms with Gasteiger partial charge in [0.1, 0.15) is 28.9 Å². The van der Waals surface area contributed by atoms with Crippen LogP contribution >= 0.6 is 0 Å². The van der Waals surface area contributed by atoms with E-state index in [1.165, 1.54) is 0 Å². The molecule has 0 spiro atoms. The number of methoxy groups -OCH3 is 2. The molecule has 3 aromatic rings. The van der Waals surface area contributed by atoms with Gasteiger partial charge in [-0.15, -0.1) is 0 Å². The predicted molar refractivity (Wildman–Crippen MR) is 80.9 cm³/mol. The van der Waals surface area contributed by atoms with Crippen molar-refractivity contribution >= 4 is 21.5 Å². The van der Waals surface area contributed by atoms with E-state index in [0.29, 0.717) is 22.3 Å². The van der Waals surface area contributed by atoms with Crippen LogP contribution in [0.3, 0.4) is 0 Å². The lowest BCUT2D eigenvalue weighted by Crippen LogP contribution is -1.89. The van der Waals surface area contributed by atoms with E-state index < -0.39 is 0 Å². The quantitative estimate of drug-likeness (QED) is 0.728. The van der Waals surface area contributed by atoms with Crippen LogP contribution in [-0.4, -0.2) is 19.3 Å². The maximum Gasteiger partial charge on any atom is 0.141 e. The van der Waals surface area contributed by atoms with Crippen molar-refractivity contribution in [1.29, 1.82) is 5.26 Å². The molecule has 0 fully saturated rings. The zero-order valence-electron chi connectivity index (χ0n) is 11.7. The van der Waals surface area contributed by atoms with E-state index in [2.05, 4.69) is 6.07 Å². The van der Waals surface area contributed by atoms with Gasteiger partial charge in [-0.2, -0.15) is 5.26 Å². The summed E-state index contributed by atoms with van der Waals surface area (Å²) in [5.74, 6) is 1.38. The summed E-state index contributed by atoms with van der Waals surface area (Å²) in [7, 11) is 3.18. The molecular formula is C17H13NO3. The molecule has 4 heteroatoms. The van der Waals surface area contributed by atoms with E-state index >= 15 is 0 Å². The van der Waals surface area contributed by atoms with Crippen molar-refractivity contribution in [3.63, 3.8) is 0 Å². The van der Waals surface area contributed by atoms with Gasteiger partial charge in [-0.25, -0.2) is 0 Å². The van der Waals surface area contributed by atoms with Gasteiger partial charge in [0, 0.05) is 10.8 Å². The molecule has 3 aromatic carbocycles. The van der Waals surface area contributed by atoms with Crippen LogP contribution in [-0.2, 0) is 0 Å². The highest BCUT2D eigenvalue weighted by Crippen LogP contribution is 2.39. The lowest BCUT2D eigenvalue weighted by Gasteiger charge is -2.11. The second-order valence-corrected chi connectivity index (χ2v) is 4.66. The molecule has 0 aliphatic heterocycles. The van der Waals surface area contributed by atoms with Crippen LogP contribution in [0, 0.1) is 11.3 Å². The van der Waals surface area contributed by atoms with Crippen molar-refractivity contribution in [3.8, 4) is 23.3 Å². The summed E-state index contributed by atoms with van der Waals surface area (Å²) < 4.78 is 10.5. The first kappa shape index (κ1) is 13.1. The van der Waals surface area contributed by atoms with E-state index in [4.69, 9.17) is 9.47 Å². The Morgan fingerprint density at radius 3 is 1.90 bits per heavy atom. The predicted octanol–water partition coefficient (Wildman–Crippen LogP) is 3.59. The minimum absolute atomic E-state index is 0.00665. The molecule has 0 aliphatic rings. The number of nitrogens with zero attached hydrogens (tertiary/aromatic N) is 1. The topological polar surface area (TPSA) is 62.5 Å². The minimum Gasteiger partial charge on any atom is -0.506 e. The molecule has 0 radical (unpaired) electrons. The Bertz CT molecular complexity index is 894. The summed E-state index contributed by atoms with van der Waals surface area (Å²) in [4.78, 5) is 0. The van der Waals surface area contributed by atoms with Gasteiger partial charge in [0.05, 0.1) is 14.2 Å². The van der Waals surface area contributed by atoms with Gasteiger partial charge in [-0.1, -0.05) is 0 Å². The second-order valence-electron chi connectivity index (χ2n) is 4.66. The first-order valence-electron chi connectivity index (χ1n) is 6.40. The first-order valence-corrected chi connectivity index (χ1v) is 6.40. The summed E-state index contributed by atoms with van der Waals surface area (Å²) in [6, 6.07) is 12.8. The van der Waals surface area contributed by atoms with E-state index in [0.717, 1.165) is 10.8 Å². The SMILES string of the molecule is COc1ccc2c(O)c(C#N)c3ccc(OC)cc3c2c1. The highest BCUT2D eigenvalue weighted by atomic mass is 16.5. The molecule has 104 valence electrons. The van der Waals surface area contributed by atoms with Crippen molar-refractivity contribution in [1.82, 2.24) is 0 Å². The zero-order chi connectivity index (χ0) is 15.0. The largest absolute Gasteiger partial charge is 0.506 e. The molecule has 1 N–H and O–H groups in total.